The number of aliphatic hydroxyl groups excluding tert-OH is 1. The molecule has 2 aromatic carbocycles. The molecule has 28 heavy (non-hydrogen) atoms. The summed E-state index contributed by atoms with van der Waals surface area (Å²) in [5.41, 5.74) is 7.22. The summed E-state index contributed by atoms with van der Waals surface area (Å²) in [5, 5.41) is 9.30. The predicted octanol–water partition coefficient (Wildman–Crippen LogP) is 3.96. The highest BCUT2D eigenvalue weighted by molar-refractivity contribution is 5.49. The van der Waals surface area contributed by atoms with Crippen molar-refractivity contribution >= 4 is 6.79 Å². The molecule has 0 unspecified atom stereocenters. The average molecular weight is 376 g/mol. The SMILES string of the molecule is C=O.Cc1cc(C#Cc2ccc3c(c2)C(C)(C)CN(C2CC2)C3)ccc1CO. The molecule has 1 heterocycles. The summed E-state index contributed by atoms with van der Waals surface area (Å²) in [7, 11) is 0. The minimum absolute atomic E-state index is 0.0807. The van der Waals surface area contributed by atoms with Crippen LogP contribution >= 0.6 is 0 Å². The lowest BCUT2D eigenvalue weighted by atomic mass is 9.77. The standard InChI is InChI=1S/C24H27NO.CH2O/c1-17-12-18(7-9-21(17)15-26)4-5-19-6-8-20-14-25(22-10-11-22)16-24(2,3)23(20)13-19;1-2/h6-9,12-13,22,26H,10-11,14-16H2,1-3H3;1H2. The van der Waals surface area contributed by atoms with Crippen LogP contribution in [0.15, 0.2) is 36.4 Å². The van der Waals surface area contributed by atoms with Crippen LogP contribution in [0.3, 0.4) is 0 Å². The predicted molar refractivity (Wildman–Crippen MR) is 113 cm³/mol. The number of hydrogen-bond donors (Lipinski definition) is 1. The van der Waals surface area contributed by atoms with Gasteiger partial charge in [0, 0.05) is 35.7 Å². The van der Waals surface area contributed by atoms with Gasteiger partial charge in [-0.1, -0.05) is 37.8 Å². The number of carbonyl (C=O) groups is 1. The molecule has 4 rings (SSSR count). The molecule has 1 fully saturated rings. The Morgan fingerprint density at radius 1 is 1.11 bits per heavy atom. The van der Waals surface area contributed by atoms with E-state index >= 15 is 0 Å². The van der Waals surface area contributed by atoms with Crippen LogP contribution in [0.1, 0.15) is 60.1 Å². The van der Waals surface area contributed by atoms with Crippen molar-refractivity contribution in [1.82, 2.24) is 4.90 Å². The monoisotopic (exact) mass is 375 g/mol. The van der Waals surface area contributed by atoms with Gasteiger partial charge in [0.2, 0.25) is 0 Å². The first-order chi connectivity index (χ1) is 13.5. The normalized spacial score (nSPS) is 17.6. The number of rotatable bonds is 2. The number of fused-ring (bicyclic) bond motifs is 1. The first kappa shape index (κ1) is 20.3. The molecule has 2 aromatic rings. The molecule has 1 aliphatic heterocycles. The molecule has 1 N–H and O–H groups in total. The molecule has 1 saturated carbocycles. The summed E-state index contributed by atoms with van der Waals surface area (Å²) >= 11 is 0. The summed E-state index contributed by atoms with van der Waals surface area (Å²) in [4.78, 5) is 10.7. The Balaban J connectivity index is 0.00000109. The number of nitrogens with zero attached hydrogens (tertiary/aromatic N) is 1. The fourth-order valence-corrected chi connectivity index (χ4v) is 4.08. The van der Waals surface area contributed by atoms with Gasteiger partial charge in [-0.05, 0) is 66.3 Å². The highest BCUT2D eigenvalue weighted by Gasteiger charge is 2.38. The molecular weight excluding hydrogens is 346 g/mol. The van der Waals surface area contributed by atoms with Crippen LogP contribution in [0.4, 0.5) is 0 Å². The van der Waals surface area contributed by atoms with Crippen molar-refractivity contribution in [2.75, 3.05) is 6.54 Å². The number of carbonyl (C=O) groups excluding carboxylic acids is 1. The highest BCUT2D eigenvalue weighted by atomic mass is 16.3. The average Bonchev–Trinajstić information content (AvgIpc) is 3.53. The quantitative estimate of drug-likeness (QED) is 0.808. The van der Waals surface area contributed by atoms with Crippen molar-refractivity contribution in [3.63, 3.8) is 0 Å². The second kappa shape index (κ2) is 8.31. The van der Waals surface area contributed by atoms with Gasteiger partial charge in [0.1, 0.15) is 6.79 Å². The van der Waals surface area contributed by atoms with E-state index in [1.807, 2.05) is 25.8 Å². The van der Waals surface area contributed by atoms with E-state index in [1.165, 1.54) is 24.0 Å². The number of aryl methyl sites for hydroxylation is 1. The van der Waals surface area contributed by atoms with Crippen molar-refractivity contribution in [3.05, 3.63) is 69.8 Å². The van der Waals surface area contributed by atoms with Crippen LogP contribution in [0.2, 0.25) is 0 Å². The van der Waals surface area contributed by atoms with Crippen LogP contribution in [-0.2, 0) is 23.4 Å². The Hall–Kier alpha value is -2.41. The third-order valence-corrected chi connectivity index (χ3v) is 5.74. The molecule has 0 amide bonds. The van der Waals surface area contributed by atoms with Gasteiger partial charge in [0.15, 0.2) is 0 Å². The van der Waals surface area contributed by atoms with Crippen molar-refractivity contribution in [2.45, 2.75) is 58.2 Å². The first-order valence-electron chi connectivity index (χ1n) is 9.85. The molecule has 3 heteroatoms. The first-order valence-corrected chi connectivity index (χ1v) is 9.85. The number of hydrogen-bond acceptors (Lipinski definition) is 3. The second-order valence-corrected chi connectivity index (χ2v) is 8.44. The van der Waals surface area contributed by atoms with Crippen molar-refractivity contribution in [2.24, 2.45) is 0 Å². The van der Waals surface area contributed by atoms with Crippen molar-refractivity contribution in [1.29, 1.82) is 0 Å². The number of benzene rings is 2. The molecule has 1 aliphatic carbocycles. The Kier molecular flexibility index (Phi) is 6.03. The summed E-state index contributed by atoms with van der Waals surface area (Å²) in [6.45, 7) is 11.0. The molecule has 0 radical (unpaired) electrons. The third kappa shape index (κ3) is 4.35. The fourth-order valence-electron chi connectivity index (χ4n) is 4.08. The van der Waals surface area contributed by atoms with E-state index in [-0.39, 0.29) is 12.0 Å². The summed E-state index contributed by atoms with van der Waals surface area (Å²) in [6, 6.07) is 13.5. The maximum Gasteiger partial charge on any atom is 0.106 e. The zero-order chi connectivity index (χ0) is 20.3. The highest BCUT2D eigenvalue weighted by Crippen LogP contribution is 2.39. The topological polar surface area (TPSA) is 40.5 Å². The maximum atomic E-state index is 9.30. The lowest BCUT2D eigenvalue weighted by molar-refractivity contribution is -0.0979. The Morgan fingerprint density at radius 2 is 1.75 bits per heavy atom. The fraction of sp³-hybridized carbons (Fsp3) is 0.400. The van der Waals surface area contributed by atoms with E-state index in [2.05, 4.69) is 54.9 Å². The van der Waals surface area contributed by atoms with Gasteiger partial charge in [0.25, 0.3) is 0 Å². The van der Waals surface area contributed by atoms with Crippen LogP contribution in [-0.4, -0.2) is 29.4 Å². The molecule has 0 spiro atoms. The Morgan fingerprint density at radius 3 is 2.36 bits per heavy atom. The smallest absolute Gasteiger partial charge is 0.106 e. The van der Waals surface area contributed by atoms with Gasteiger partial charge < -0.3 is 9.90 Å². The number of aliphatic hydroxyl groups is 1. The van der Waals surface area contributed by atoms with Gasteiger partial charge in [-0.2, -0.15) is 0 Å². The van der Waals surface area contributed by atoms with Crippen molar-refractivity contribution < 1.29 is 9.90 Å². The molecular formula is C25H29NO2. The van der Waals surface area contributed by atoms with E-state index in [9.17, 15) is 5.11 Å². The van der Waals surface area contributed by atoms with Gasteiger partial charge in [0.05, 0.1) is 6.61 Å². The van der Waals surface area contributed by atoms with E-state index in [4.69, 9.17) is 4.79 Å². The molecule has 2 aliphatic rings. The zero-order valence-electron chi connectivity index (χ0n) is 17.1. The lowest BCUT2D eigenvalue weighted by Crippen LogP contribution is -2.43. The maximum absolute atomic E-state index is 9.30. The molecule has 0 aromatic heterocycles. The molecule has 0 saturated heterocycles. The van der Waals surface area contributed by atoms with E-state index < -0.39 is 0 Å². The second-order valence-electron chi connectivity index (χ2n) is 8.44. The van der Waals surface area contributed by atoms with Crippen LogP contribution < -0.4 is 0 Å². The molecule has 0 atom stereocenters. The van der Waals surface area contributed by atoms with E-state index in [0.717, 1.165) is 41.4 Å². The summed E-state index contributed by atoms with van der Waals surface area (Å²) < 4.78 is 0. The van der Waals surface area contributed by atoms with Crippen LogP contribution in [0, 0.1) is 18.8 Å². The van der Waals surface area contributed by atoms with E-state index in [0.29, 0.717) is 0 Å². The molecule has 3 nitrogen and oxygen atoms in total. The van der Waals surface area contributed by atoms with Crippen LogP contribution in [0.25, 0.3) is 0 Å². The lowest BCUT2D eigenvalue weighted by Gasteiger charge is -2.40. The van der Waals surface area contributed by atoms with Gasteiger partial charge in [-0.25, -0.2) is 0 Å². The van der Waals surface area contributed by atoms with Gasteiger partial charge >= 0.3 is 0 Å². The Labute approximate surface area is 168 Å². The molecule has 146 valence electrons. The van der Waals surface area contributed by atoms with Gasteiger partial charge in [-0.3, -0.25) is 4.90 Å². The van der Waals surface area contributed by atoms with Crippen LogP contribution in [0.5, 0.6) is 0 Å². The third-order valence-electron chi connectivity index (χ3n) is 5.74. The minimum Gasteiger partial charge on any atom is -0.392 e. The van der Waals surface area contributed by atoms with E-state index in [1.54, 1.807) is 0 Å². The van der Waals surface area contributed by atoms with Crippen molar-refractivity contribution in [3.8, 4) is 11.8 Å². The largest absolute Gasteiger partial charge is 0.392 e. The minimum atomic E-state index is 0.0807. The summed E-state index contributed by atoms with van der Waals surface area (Å²) in [5.74, 6) is 6.62. The molecule has 0 bridgehead atoms. The Bertz CT molecular complexity index is 916. The summed E-state index contributed by atoms with van der Waals surface area (Å²) in [6.07, 6.45) is 2.73. The zero-order valence-corrected chi connectivity index (χ0v) is 17.1. The van der Waals surface area contributed by atoms with Gasteiger partial charge in [-0.15, -0.1) is 0 Å².